The molecular formula is C23H25NO4. The Labute approximate surface area is 165 Å². The zero-order chi connectivity index (χ0) is 19.4. The first-order valence-electron chi connectivity index (χ1n) is 10.2. The van der Waals surface area contributed by atoms with E-state index in [1.165, 1.54) is 6.08 Å². The first kappa shape index (κ1) is 17.5. The molecule has 3 unspecified atom stereocenters. The SMILES string of the molecule is COC1=CC(=O)OC12/C(=C/c1ccccc1)CC1CCCCN3C(=O)CCC132. The number of hydrogen-bond acceptors (Lipinski definition) is 4. The van der Waals surface area contributed by atoms with Gasteiger partial charge in [-0.1, -0.05) is 42.8 Å². The van der Waals surface area contributed by atoms with Gasteiger partial charge in [-0.3, -0.25) is 4.79 Å². The molecule has 3 aliphatic heterocycles. The summed E-state index contributed by atoms with van der Waals surface area (Å²) in [6.45, 7) is 0.726. The molecule has 1 saturated carbocycles. The molecule has 146 valence electrons. The first-order valence-corrected chi connectivity index (χ1v) is 10.2. The molecule has 2 spiro atoms. The van der Waals surface area contributed by atoms with Crippen LogP contribution in [-0.2, 0) is 19.1 Å². The van der Waals surface area contributed by atoms with E-state index in [1.807, 2.05) is 23.1 Å². The molecule has 5 rings (SSSR count). The van der Waals surface area contributed by atoms with Gasteiger partial charge in [0, 0.05) is 13.0 Å². The fourth-order valence-electron chi connectivity index (χ4n) is 6.13. The van der Waals surface area contributed by atoms with Crippen molar-refractivity contribution >= 4 is 18.0 Å². The van der Waals surface area contributed by atoms with Crippen LogP contribution in [0.4, 0.5) is 0 Å². The molecule has 1 amide bonds. The smallest absolute Gasteiger partial charge is 0.335 e. The number of hydrogen-bond donors (Lipinski definition) is 0. The van der Waals surface area contributed by atoms with Crippen molar-refractivity contribution in [3.63, 3.8) is 0 Å². The third-order valence-corrected chi connectivity index (χ3v) is 7.10. The van der Waals surface area contributed by atoms with Crippen LogP contribution in [0.25, 0.3) is 6.08 Å². The topological polar surface area (TPSA) is 55.8 Å². The van der Waals surface area contributed by atoms with Gasteiger partial charge < -0.3 is 14.4 Å². The van der Waals surface area contributed by atoms with Gasteiger partial charge in [-0.05, 0) is 42.7 Å². The minimum Gasteiger partial charge on any atom is -0.496 e. The Bertz CT molecular complexity index is 889. The van der Waals surface area contributed by atoms with Gasteiger partial charge in [-0.25, -0.2) is 4.79 Å². The van der Waals surface area contributed by atoms with Crippen molar-refractivity contribution in [2.75, 3.05) is 13.7 Å². The van der Waals surface area contributed by atoms with Crippen LogP contribution < -0.4 is 0 Å². The molecule has 28 heavy (non-hydrogen) atoms. The Morgan fingerprint density at radius 2 is 2.04 bits per heavy atom. The van der Waals surface area contributed by atoms with Crippen LogP contribution in [-0.4, -0.2) is 41.6 Å². The van der Waals surface area contributed by atoms with E-state index < -0.39 is 11.1 Å². The fourth-order valence-corrected chi connectivity index (χ4v) is 6.13. The Hall–Kier alpha value is -2.56. The van der Waals surface area contributed by atoms with Crippen molar-refractivity contribution in [3.05, 3.63) is 53.3 Å². The van der Waals surface area contributed by atoms with Gasteiger partial charge in [0.2, 0.25) is 11.5 Å². The Kier molecular flexibility index (Phi) is 3.90. The predicted octanol–water partition coefficient (Wildman–Crippen LogP) is 3.46. The highest BCUT2D eigenvalue weighted by molar-refractivity contribution is 5.90. The van der Waals surface area contributed by atoms with E-state index in [0.717, 1.165) is 43.4 Å². The number of rotatable bonds is 2. The Balaban J connectivity index is 1.75. The number of ether oxygens (including phenoxy) is 2. The number of benzene rings is 1. The maximum Gasteiger partial charge on any atom is 0.335 e. The normalized spacial score (nSPS) is 35.6. The molecule has 0 N–H and O–H groups in total. The minimum absolute atomic E-state index is 0.172. The van der Waals surface area contributed by atoms with Crippen molar-refractivity contribution in [2.24, 2.45) is 5.92 Å². The number of methoxy groups -OCH3 is 1. The monoisotopic (exact) mass is 379 g/mol. The van der Waals surface area contributed by atoms with Crippen LogP contribution in [0.15, 0.2) is 47.7 Å². The standard InChI is InChI=1S/C23H25NO4/c1-27-19-15-21(26)28-23(19)18(13-16-7-3-2-4-8-16)14-17-9-5-6-12-24-20(25)10-11-22(17,23)24/h2-4,7-8,13,15,17H,5-6,9-12,14H2,1H3/b18-13+. The van der Waals surface area contributed by atoms with Crippen LogP contribution in [0.2, 0.25) is 0 Å². The average molecular weight is 379 g/mol. The molecule has 1 aromatic rings. The average Bonchev–Trinajstić information content (AvgIpc) is 3.25. The Morgan fingerprint density at radius 1 is 1.21 bits per heavy atom. The highest BCUT2D eigenvalue weighted by Gasteiger charge is 2.74. The first-order chi connectivity index (χ1) is 13.6. The maximum atomic E-state index is 12.9. The summed E-state index contributed by atoms with van der Waals surface area (Å²) in [7, 11) is 1.59. The lowest BCUT2D eigenvalue weighted by Crippen LogP contribution is -2.63. The van der Waals surface area contributed by atoms with Gasteiger partial charge in [0.1, 0.15) is 0 Å². The van der Waals surface area contributed by atoms with Crippen LogP contribution in [0.3, 0.4) is 0 Å². The van der Waals surface area contributed by atoms with Crippen LogP contribution in [0.5, 0.6) is 0 Å². The molecule has 5 heteroatoms. The minimum atomic E-state index is -1.00. The number of nitrogens with zero attached hydrogens (tertiary/aromatic N) is 1. The largest absolute Gasteiger partial charge is 0.496 e. The highest BCUT2D eigenvalue weighted by atomic mass is 16.6. The second-order valence-electron chi connectivity index (χ2n) is 8.26. The molecule has 4 aliphatic rings. The lowest BCUT2D eigenvalue weighted by molar-refractivity contribution is -0.161. The molecule has 3 atom stereocenters. The van der Waals surface area contributed by atoms with Crippen LogP contribution in [0.1, 0.15) is 44.1 Å². The molecule has 5 nitrogen and oxygen atoms in total. The fraction of sp³-hybridized carbons (Fsp3) is 0.478. The molecule has 3 heterocycles. The number of esters is 1. The summed E-state index contributed by atoms with van der Waals surface area (Å²) in [6.07, 6.45) is 8.75. The summed E-state index contributed by atoms with van der Waals surface area (Å²) >= 11 is 0. The number of carbonyl (C=O) groups excluding carboxylic acids is 2. The lowest BCUT2D eigenvalue weighted by atomic mass is 9.72. The molecule has 1 aromatic carbocycles. The van der Waals surface area contributed by atoms with E-state index in [4.69, 9.17) is 9.47 Å². The third kappa shape index (κ3) is 2.13. The van der Waals surface area contributed by atoms with Gasteiger partial charge >= 0.3 is 5.97 Å². The number of amides is 1. The molecule has 0 radical (unpaired) electrons. The second kappa shape index (κ2) is 6.23. The van der Waals surface area contributed by atoms with Crippen molar-refractivity contribution in [3.8, 4) is 0 Å². The summed E-state index contributed by atoms with van der Waals surface area (Å²) in [4.78, 5) is 27.4. The van der Waals surface area contributed by atoms with Gasteiger partial charge in [0.15, 0.2) is 5.76 Å². The molecule has 2 saturated heterocycles. The third-order valence-electron chi connectivity index (χ3n) is 7.10. The van der Waals surface area contributed by atoms with Gasteiger partial charge in [0.25, 0.3) is 0 Å². The molecule has 0 aromatic heterocycles. The van der Waals surface area contributed by atoms with E-state index in [1.54, 1.807) is 7.11 Å². The zero-order valence-electron chi connectivity index (χ0n) is 16.1. The number of carbonyl (C=O) groups is 2. The van der Waals surface area contributed by atoms with E-state index in [9.17, 15) is 9.59 Å². The maximum absolute atomic E-state index is 12.9. The van der Waals surface area contributed by atoms with Crippen molar-refractivity contribution in [1.82, 2.24) is 4.90 Å². The zero-order valence-corrected chi connectivity index (χ0v) is 16.1. The van der Waals surface area contributed by atoms with Crippen LogP contribution >= 0.6 is 0 Å². The quantitative estimate of drug-likeness (QED) is 0.739. The summed E-state index contributed by atoms with van der Waals surface area (Å²) < 4.78 is 11.9. The van der Waals surface area contributed by atoms with E-state index >= 15 is 0 Å². The summed E-state index contributed by atoms with van der Waals surface area (Å²) in [5.74, 6) is 0.602. The van der Waals surface area contributed by atoms with Crippen molar-refractivity contribution in [2.45, 2.75) is 49.7 Å². The van der Waals surface area contributed by atoms with Crippen LogP contribution in [0, 0.1) is 5.92 Å². The summed E-state index contributed by atoms with van der Waals surface area (Å²) in [6, 6.07) is 10.1. The summed E-state index contributed by atoms with van der Waals surface area (Å²) in [5, 5.41) is 0. The Morgan fingerprint density at radius 3 is 2.82 bits per heavy atom. The predicted molar refractivity (Wildman–Crippen MR) is 104 cm³/mol. The van der Waals surface area contributed by atoms with Crippen molar-refractivity contribution < 1.29 is 19.1 Å². The molecule has 0 bridgehead atoms. The van der Waals surface area contributed by atoms with Gasteiger partial charge in [-0.15, -0.1) is 0 Å². The highest BCUT2D eigenvalue weighted by Crippen LogP contribution is 2.64. The lowest BCUT2D eigenvalue weighted by Gasteiger charge is -2.48. The van der Waals surface area contributed by atoms with E-state index in [2.05, 4.69) is 18.2 Å². The van der Waals surface area contributed by atoms with Gasteiger partial charge in [0.05, 0.1) is 18.7 Å². The molecular weight excluding hydrogens is 354 g/mol. The van der Waals surface area contributed by atoms with Crippen molar-refractivity contribution in [1.29, 1.82) is 0 Å². The molecule has 1 aliphatic carbocycles. The molecule has 3 fully saturated rings. The van der Waals surface area contributed by atoms with E-state index in [-0.39, 0.29) is 17.8 Å². The van der Waals surface area contributed by atoms with E-state index in [0.29, 0.717) is 18.6 Å². The summed E-state index contributed by atoms with van der Waals surface area (Å²) in [5.41, 5.74) is 0.577. The van der Waals surface area contributed by atoms with Gasteiger partial charge in [-0.2, -0.15) is 0 Å². The second-order valence-corrected chi connectivity index (χ2v) is 8.26.